The molecule has 3 aliphatic rings. The number of likely N-dealkylation sites (tertiary alicyclic amines) is 1. The van der Waals surface area contributed by atoms with Gasteiger partial charge in [0.05, 0.1) is 0 Å². The lowest BCUT2D eigenvalue weighted by molar-refractivity contribution is 0.0617. The smallest absolute Gasteiger partial charge is 0.0337 e. The van der Waals surface area contributed by atoms with Gasteiger partial charge in [-0.1, -0.05) is 13.3 Å². The van der Waals surface area contributed by atoms with Crippen molar-refractivity contribution in [3.63, 3.8) is 0 Å². The largest absolute Gasteiger partial charge is 0.329 e. The van der Waals surface area contributed by atoms with Crippen molar-refractivity contribution in [1.29, 1.82) is 0 Å². The minimum absolute atomic E-state index is 0.403. The second-order valence-corrected chi connectivity index (χ2v) is 6.43. The molecular weight excluding hydrogens is 196 g/mol. The SMILES string of the molecule is CCC1CCC(CN)(N2CC3CCC2C3)C1. The number of nitrogens with two attached hydrogens (primary N) is 1. The summed E-state index contributed by atoms with van der Waals surface area (Å²) in [6, 6.07) is 0.893. The van der Waals surface area contributed by atoms with E-state index in [-0.39, 0.29) is 0 Å². The van der Waals surface area contributed by atoms with Crippen molar-refractivity contribution in [3.8, 4) is 0 Å². The third-order valence-corrected chi connectivity index (χ3v) is 5.66. The van der Waals surface area contributed by atoms with E-state index in [2.05, 4.69) is 11.8 Å². The fourth-order valence-corrected chi connectivity index (χ4v) is 4.63. The first-order valence-electron chi connectivity index (χ1n) is 7.24. The molecule has 0 radical (unpaired) electrons. The van der Waals surface area contributed by atoms with Crippen molar-refractivity contribution in [1.82, 2.24) is 4.90 Å². The predicted octanol–water partition coefficient (Wildman–Crippen LogP) is 2.38. The Morgan fingerprint density at radius 3 is 2.69 bits per heavy atom. The van der Waals surface area contributed by atoms with Gasteiger partial charge in [0.2, 0.25) is 0 Å². The Labute approximate surface area is 99.6 Å². The van der Waals surface area contributed by atoms with Gasteiger partial charge in [-0.15, -0.1) is 0 Å². The van der Waals surface area contributed by atoms with Crippen molar-refractivity contribution >= 4 is 0 Å². The second-order valence-electron chi connectivity index (χ2n) is 6.43. The van der Waals surface area contributed by atoms with Gasteiger partial charge in [-0.3, -0.25) is 4.90 Å². The summed E-state index contributed by atoms with van der Waals surface area (Å²) in [4.78, 5) is 2.83. The first-order valence-corrected chi connectivity index (χ1v) is 7.24. The summed E-state index contributed by atoms with van der Waals surface area (Å²) in [6.45, 7) is 4.60. The van der Waals surface area contributed by atoms with Crippen LogP contribution in [0, 0.1) is 11.8 Å². The number of hydrogen-bond donors (Lipinski definition) is 1. The summed E-state index contributed by atoms with van der Waals surface area (Å²) < 4.78 is 0. The molecule has 3 fully saturated rings. The van der Waals surface area contributed by atoms with Crippen LogP contribution >= 0.6 is 0 Å². The van der Waals surface area contributed by atoms with Crippen molar-refractivity contribution in [2.24, 2.45) is 17.6 Å². The molecule has 1 heterocycles. The van der Waals surface area contributed by atoms with Gasteiger partial charge in [0.15, 0.2) is 0 Å². The van der Waals surface area contributed by atoms with Gasteiger partial charge in [0, 0.05) is 24.7 Å². The minimum atomic E-state index is 0.403. The molecule has 1 saturated heterocycles. The molecule has 0 aromatic rings. The van der Waals surface area contributed by atoms with E-state index in [9.17, 15) is 0 Å². The minimum Gasteiger partial charge on any atom is -0.329 e. The summed E-state index contributed by atoms with van der Waals surface area (Å²) in [5.74, 6) is 1.96. The molecular formula is C14H26N2. The first-order chi connectivity index (χ1) is 7.77. The lowest BCUT2D eigenvalue weighted by atomic mass is 9.90. The lowest BCUT2D eigenvalue weighted by Gasteiger charge is -2.43. The number of nitrogens with zero attached hydrogens (tertiary/aromatic N) is 1. The molecule has 0 aromatic heterocycles. The highest BCUT2D eigenvalue weighted by atomic mass is 15.3. The number of piperidine rings is 1. The molecule has 3 rings (SSSR count). The maximum Gasteiger partial charge on any atom is 0.0337 e. The van der Waals surface area contributed by atoms with Crippen LogP contribution in [0.15, 0.2) is 0 Å². The number of fused-ring (bicyclic) bond motifs is 2. The van der Waals surface area contributed by atoms with E-state index >= 15 is 0 Å². The summed E-state index contributed by atoms with van der Waals surface area (Å²) in [5.41, 5.74) is 6.56. The zero-order valence-corrected chi connectivity index (χ0v) is 10.6. The molecule has 1 aliphatic heterocycles. The quantitative estimate of drug-likeness (QED) is 0.794. The van der Waals surface area contributed by atoms with Crippen molar-refractivity contribution in [2.75, 3.05) is 13.1 Å². The summed E-state index contributed by atoms with van der Waals surface area (Å²) in [7, 11) is 0. The lowest BCUT2D eigenvalue weighted by Crippen LogP contribution is -2.55. The van der Waals surface area contributed by atoms with E-state index in [4.69, 9.17) is 5.73 Å². The van der Waals surface area contributed by atoms with Crippen LogP contribution in [-0.2, 0) is 0 Å². The Kier molecular flexibility index (Phi) is 2.75. The third kappa shape index (κ3) is 1.53. The van der Waals surface area contributed by atoms with Crippen LogP contribution in [0.1, 0.15) is 51.9 Å². The van der Waals surface area contributed by atoms with E-state index in [0.29, 0.717) is 5.54 Å². The highest BCUT2D eigenvalue weighted by Gasteiger charge is 2.50. The topological polar surface area (TPSA) is 29.3 Å². The molecule has 16 heavy (non-hydrogen) atoms. The normalized spacial score (nSPS) is 48.0. The van der Waals surface area contributed by atoms with E-state index in [1.54, 1.807) is 0 Å². The van der Waals surface area contributed by atoms with Crippen molar-refractivity contribution in [3.05, 3.63) is 0 Å². The third-order valence-electron chi connectivity index (χ3n) is 5.66. The van der Waals surface area contributed by atoms with Gasteiger partial charge in [-0.05, 0) is 50.4 Å². The van der Waals surface area contributed by atoms with Gasteiger partial charge in [-0.2, -0.15) is 0 Å². The zero-order chi connectivity index (χ0) is 11.2. The van der Waals surface area contributed by atoms with Crippen LogP contribution in [0.5, 0.6) is 0 Å². The highest BCUT2D eigenvalue weighted by Crippen LogP contribution is 2.48. The molecule has 2 heteroatoms. The van der Waals surface area contributed by atoms with Crippen molar-refractivity contribution < 1.29 is 0 Å². The van der Waals surface area contributed by atoms with Crippen LogP contribution in [0.3, 0.4) is 0 Å². The van der Waals surface area contributed by atoms with Gasteiger partial charge >= 0.3 is 0 Å². The average molecular weight is 222 g/mol. The van der Waals surface area contributed by atoms with E-state index in [1.807, 2.05) is 0 Å². The standard InChI is InChI=1S/C14H26N2/c1-2-11-5-6-14(8-11,10-15)16-9-12-3-4-13(16)7-12/h11-13H,2-10,15H2,1H3. The van der Waals surface area contributed by atoms with Crippen LogP contribution in [0.2, 0.25) is 0 Å². The molecule has 2 N–H and O–H groups in total. The Hall–Kier alpha value is -0.0800. The van der Waals surface area contributed by atoms with E-state index < -0.39 is 0 Å². The summed E-state index contributed by atoms with van der Waals surface area (Å²) in [5, 5.41) is 0. The predicted molar refractivity (Wildman–Crippen MR) is 67.3 cm³/mol. The molecule has 4 atom stereocenters. The van der Waals surface area contributed by atoms with Crippen LogP contribution in [-0.4, -0.2) is 29.6 Å². The molecule has 0 aromatic carbocycles. The molecule has 0 amide bonds. The van der Waals surface area contributed by atoms with Crippen LogP contribution in [0.4, 0.5) is 0 Å². The Morgan fingerprint density at radius 2 is 2.19 bits per heavy atom. The van der Waals surface area contributed by atoms with Gasteiger partial charge < -0.3 is 5.73 Å². The fraction of sp³-hybridized carbons (Fsp3) is 1.00. The second kappa shape index (κ2) is 3.99. The monoisotopic (exact) mass is 222 g/mol. The van der Waals surface area contributed by atoms with E-state index in [0.717, 1.165) is 24.4 Å². The Bertz CT molecular complexity index is 265. The number of rotatable bonds is 3. The Balaban J connectivity index is 1.76. The van der Waals surface area contributed by atoms with Crippen LogP contribution in [0.25, 0.3) is 0 Å². The van der Waals surface area contributed by atoms with E-state index in [1.165, 1.54) is 51.5 Å². The van der Waals surface area contributed by atoms with Gasteiger partial charge in [-0.25, -0.2) is 0 Å². The zero-order valence-electron chi connectivity index (χ0n) is 10.6. The molecule has 4 unspecified atom stereocenters. The highest BCUT2D eigenvalue weighted by molar-refractivity contribution is 5.06. The maximum atomic E-state index is 6.16. The number of hydrogen-bond acceptors (Lipinski definition) is 2. The fourth-order valence-electron chi connectivity index (χ4n) is 4.63. The first kappa shape index (κ1) is 11.0. The van der Waals surface area contributed by atoms with Crippen molar-refractivity contribution in [2.45, 2.75) is 63.5 Å². The average Bonchev–Trinajstić information content (AvgIpc) is 3.03. The Morgan fingerprint density at radius 1 is 1.31 bits per heavy atom. The molecule has 2 nitrogen and oxygen atoms in total. The summed E-state index contributed by atoms with van der Waals surface area (Å²) in [6.07, 6.45) is 9.92. The van der Waals surface area contributed by atoms with Gasteiger partial charge in [0.1, 0.15) is 0 Å². The molecule has 92 valence electrons. The summed E-state index contributed by atoms with van der Waals surface area (Å²) >= 11 is 0. The molecule has 2 bridgehead atoms. The molecule has 2 saturated carbocycles. The molecule has 2 aliphatic carbocycles. The maximum absolute atomic E-state index is 6.16. The van der Waals surface area contributed by atoms with Crippen LogP contribution < -0.4 is 5.73 Å². The van der Waals surface area contributed by atoms with Gasteiger partial charge in [0.25, 0.3) is 0 Å². The molecule has 0 spiro atoms.